The zero-order valence-electron chi connectivity index (χ0n) is 22.0. The van der Waals surface area contributed by atoms with E-state index in [0.717, 1.165) is 16.9 Å². The number of nitrogens with two attached hydrogens (primary N) is 1. The van der Waals surface area contributed by atoms with E-state index in [9.17, 15) is 14.9 Å². The molecule has 7 nitrogen and oxygen atoms in total. The number of halogens is 1. The molecule has 2 aliphatic rings. The van der Waals surface area contributed by atoms with E-state index in [2.05, 4.69) is 6.07 Å². The molecule has 5 rings (SSSR count). The normalized spacial score (nSPS) is 18.6. The van der Waals surface area contributed by atoms with E-state index >= 15 is 0 Å². The number of rotatable bonds is 5. The lowest BCUT2D eigenvalue weighted by Crippen LogP contribution is -2.42. The molecule has 1 aromatic heterocycles. The van der Waals surface area contributed by atoms with Crippen LogP contribution in [0.2, 0.25) is 5.02 Å². The maximum atomic E-state index is 13.7. The monoisotopic (exact) mass is 541 g/mol. The zero-order valence-corrected chi connectivity index (χ0v) is 22.7. The number of nitrogens with zero attached hydrogens (tertiary/aromatic N) is 2. The number of ether oxygens (including phenoxy) is 1. The molecular formula is C31H28ClN3O4. The summed E-state index contributed by atoms with van der Waals surface area (Å²) in [5, 5.41) is 10.8. The predicted molar refractivity (Wildman–Crippen MR) is 149 cm³/mol. The fraction of sp³-hybridized carbons (Fsp3) is 0.258. The van der Waals surface area contributed by atoms with Gasteiger partial charge in [0.15, 0.2) is 5.78 Å². The number of carbonyl (C=O) groups excluding carboxylic acids is 2. The molecule has 0 radical (unpaired) electrons. The van der Waals surface area contributed by atoms with Gasteiger partial charge in [-0.1, -0.05) is 37.6 Å². The summed E-state index contributed by atoms with van der Waals surface area (Å²) in [4.78, 5) is 27.5. The number of esters is 1. The van der Waals surface area contributed by atoms with Crippen molar-refractivity contribution < 1.29 is 18.7 Å². The number of ketones is 1. The third-order valence-corrected chi connectivity index (χ3v) is 7.31. The number of benzene rings is 2. The molecule has 0 amide bonds. The van der Waals surface area contributed by atoms with Gasteiger partial charge in [-0.3, -0.25) is 9.69 Å². The van der Waals surface area contributed by atoms with E-state index in [1.807, 2.05) is 26.0 Å². The van der Waals surface area contributed by atoms with Crippen molar-refractivity contribution in [2.24, 2.45) is 11.1 Å². The summed E-state index contributed by atoms with van der Waals surface area (Å²) in [5.41, 5.74) is 9.83. The lowest BCUT2D eigenvalue weighted by molar-refractivity contribution is -0.118. The molecule has 0 saturated heterocycles. The van der Waals surface area contributed by atoms with Crippen LogP contribution >= 0.6 is 11.6 Å². The summed E-state index contributed by atoms with van der Waals surface area (Å²) >= 11 is 6.13. The molecule has 0 fully saturated rings. The molecule has 198 valence electrons. The molecule has 1 atom stereocenters. The number of hydrogen-bond acceptors (Lipinski definition) is 7. The van der Waals surface area contributed by atoms with Crippen molar-refractivity contribution in [2.75, 3.05) is 11.5 Å². The van der Waals surface area contributed by atoms with Gasteiger partial charge in [0.25, 0.3) is 0 Å². The number of hydrogen-bond donors (Lipinski definition) is 1. The molecule has 1 aliphatic carbocycles. The largest absolute Gasteiger partial charge is 0.462 e. The molecule has 2 aromatic carbocycles. The number of furan rings is 1. The van der Waals surface area contributed by atoms with E-state index in [4.69, 9.17) is 26.5 Å². The number of nitriles is 1. The van der Waals surface area contributed by atoms with Crippen LogP contribution in [0.15, 0.2) is 87.7 Å². The van der Waals surface area contributed by atoms with Crippen molar-refractivity contribution >= 4 is 29.0 Å². The highest BCUT2D eigenvalue weighted by Crippen LogP contribution is 2.50. The Hall–Kier alpha value is -4.28. The van der Waals surface area contributed by atoms with Crippen LogP contribution in [0.25, 0.3) is 11.3 Å². The maximum Gasteiger partial charge on any atom is 0.338 e. The molecule has 0 unspecified atom stereocenters. The fourth-order valence-corrected chi connectivity index (χ4v) is 5.45. The summed E-state index contributed by atoms with van der Waals surface area (Å²) in [5.74, 6) is 0.0873. The molecular weight excluding hydrogens is 514 g/mol. The highest BCUT2D eigenvalue weighted by molar-refractivity contribution is 6.30. The van der Waals surface area contributed by atoms with Gasteiger partial charge in [-0.25, -0.2) is 4.79 Å². The Kier molecular flexibility index (Phi) is 6.83. The Morgan fingerprint density at radius 1 is 1.13 bits per heavy atom. The quantitative estimate of drug-likeness (QED) is 0.357. The first-order chi connectivity index (χ1) is 18.6. The van der Waals surface area contributed by atoms with E-state index in [-0.39, 0.29) is 22.6 Å². The SMILES string of the molecule is CCOC(=O)c1ccc(-c2ccc([C@H]3C(C#N)=C(N)N(c4ccc(Cl)cc4)C4=C3C(=O)CC(C)(C)C4)o2)cc1. The van der Waals surface area contributed by atoms with Crippen molar-refractivity contribution in [3.63, 3.8) is 0 Å². The highest BCUT2D eigenvalue weighted by Gasteiger charge is 2.45. The van der Waals surface area contributed by atoms with Crippen LogP contribution in [0.3, 0.4) is 0 Å². The van der Waals surface area contributed by atoms with Crippen molar-refractivity contribution in [1.82, 2.24) is 0 Å². The minimum absolute atomic E-state index is 0.0396. The van der Waals surface area contributed by atoms with E-state index in [0.29, 0.717) is 47.1 Å². The van der Waals surface area contributed by atoms with Gasteiger partial charge in [-0.15, -0.1) is 0 Å². The third-order valence-electron chi connectivity index (χ3n) is 7.06. The Morgan fingerprint density at radius 2 is 1.82 bits per heavy atom. The smallest absolute Gasteiger partial charge is 0.338 e. The van der Waals surface area contributed by atoms with Crippen LogP contribution in [0.1, 0.15) is 55.6 Å². The minimum Gasteiger partial charge on any atom is -0.462 e. The van der Waals surface area contributed by atoms with Gasteiger partial charge < -0.3 is 14.9 Å². The van der Waals surface area contributed by atoms with Crippen molar-refractivity contribution in [3.05, 3.63) is 99.7 Å². The number of Topliss-reactive ketones (excluding diaryl/α,β-unsaturated/α-hetero) is 1. The van der Waals surface area contributed by atoms with Crippen LogP contribution in [0.4, 0.5) is 5.69 Å². The standard InChI is InChI=1S/C31H28ClN3O4/c1-4-38-30(37)19-7-5-18(6-8-19)25-13-14-26(39-25)27-22(17-33)29(34)35(21-11-9-20(32)10-12-21)23-15-31(2,3)16-24(36)28(23)27/h5-14,27H,4,15-16,34H2,1-3H3/t27-/m1/s1. The summed E-state index contributed by atoms with van der Waals surface area (Å²) in [6, 6.07) is 19.9. The number of anilines is 1. The minimum atomic E-state index is -0.732. The van der Waals surface area contributed by atoms with Gasteiger partial charge in [-0.05, 0) is 67.3 Å². The first kappa shape index (κ1) is 26.3. The molecule has 2 N–H and O–H groups in total. The van der Waals surface area contributed by atoms with E-state index in [1.165, 1.54) is 0 Å². The second-order valence-electron chi connectivity index (χ2n) is 10.5. The highest BCUT2D eigenvalue weighted by atomic mass is 35.5. The predicted octanol–water partition coefficient (Wildman–Crippen LogP) is 6.72. The first-order valence-corrected chi connectivity index (χ1v) is 13.1. The van der Waals surface area contributed by atoms with Gasteiger partial charge >= 0.3 is 5.97 Å². The van der Waals surface area contributed by atoms with Crippen LogP contribution in [-0.4, -0.2) is 18.4 Å². The van der Waals surface area contributed by atoms with Crippen LogP contribution in [-0.2, 0) is 9.53 Å². The first-order valence-electron chi connectivity index (χ1n) is 12.7. The molecule has 39 heavy (non-hydrogen) atoms. The summed E-state index contributed by atoms with van der Waals surface area (Å²) in [7, 11) is 0. The van der Waals surface area contributed by atoms with Crippen molar-refractivity contribution in [1.29, 1.82) is 5.26 Å². The second kappa shape index (κ2) is 10.1. The van der Waals surface area contributed by atoms with Gasteiger partial charge in [0, 0.05) is 34.0 Å². The molecule has 3 aromatic rings. The summed E-state index contributed by atoms with van der Waals surface area (Å²) < 4.78 is 11.3. The Labute approximate surface area is 232 Å². The topological polar surface area (TPSA) is 110 Å². The summed E-state index contributed by atoms with van der Waals surface area (Å²) in [6.07, 6.45) is 0.938. The summed E-state index contributed by atoms with van der Waals surface area (Å²) in [6.45, 7) is 6.15. The number of allylic oxidation sites excluding steroid dienone is 3. The van der Waals surface area contributed by atoms with Gasteiger partial charge in [0.1, 0.15) is 17.3 Å². The fourth-order valence-electron chi connectivity index (χ4n) is 5.33. The molecule has 8 heteroatoms. The Morgan fingerprint density at radius 3 is 2.46 bits per heavy atom. The van der Waals surface area contributed by atoms with E-state index in [1.54, 1.807) is 60.4 Å². The van der Waals surface area contributed by atoms with Crippen LogP contribution < -0.4 is 10.6 Å². The molecule has 0 saturated carbocycles. The average molecular weight is 542 g/mol. The van der Waals surface area contributed by atoms with Crippen LogP contribution in [0, 0.1) is 16.7 Å². The van der Waals surface area contributed by atoms with Crippen molar-refractivity contribution in [2.45, 2.75) is 39.5 Å². The van der Waals surface area contributed by atoms with E-state index < -0.39 is 11.9 Å². The third kappa shape index (κ3) is 4.84. The molecule has 1 aliphatic heterocycles. The molecule has 0 bridgehead atoms. The molecule has 2 heterocycles. The Balaban J connectivity index is 1.60. The van der Waals surface area contributed by atoms with Crippen LogP contribution in [0.5, 0.6) is 0 Å². The maximum absolute atomic E-state index is 13.7. The zero-order chi connectivity index (χ0) is 27.9. The van der Waals surface area contributed by atoms with Gasteiger partial charge in [-0.2, -0.15) is 5.26 Å². The lowest BCUT2D eigenvalue weighted by Gasteiger charge is -2.43. The van der Waals surface area contributed by atoms with Crippen molar-refractivity contribution in [3.8, 4) is 17.4 Å². The average Bonchev–Trinajstić information content (AvgIpc) is 3.38. The van der Waals surface area contributed by atoms with Gasteiger partial charge in [0.2, 0.25) is 0 Å². The molecule has 0 spiro atoms. The second-order valence-corrected chi connectivity index (χ2v) is 10.9. The Bertz CT molecular complexity index is 1560. The van der Waals surface area contributed by atoms with Gasteiger partial charge in [0.05, 0.1) is 29.7 Å². The lowest BCUT2D eigenvalue weighted by atomic mass is 9.69. The number of carbonyl (C=O) groups is 2.